The van der Waals surface area contributed by atoms with Gasteiger partial charge in [-0.25, -0.2) is 19.4 Å². The van der Waals surface area contributed by atoms with E-state index >= 15 is 0 Å². The van der Waals surface area contributed by atoms with Crippen LogP contribution in [-0.4, -0.2) is 159 Å². The van der Waals surface area contributed by atoms with Gasteiger partial charge < -0.3 is 80.2 Å². The second-order valence-electron chi connectivity index (χ2n) is 18.0. The molecule has 0 saturated carbocycles. The molecule has 8 rings (SSSR count). The fourth-order valence-corrected chi connectivity index (χ4v) is 9.86. The van der Waals surface area contributed by atoms with Gasteiger partial charge in [-0.1, -0.05) is 24.3 Å². The van der Waals surface area contributed by atoms with Crippen LogP contribution in [0, 0.1) is 27.7 Å². The van der Waals surface area contributed by atoms with E-state index in [-0.39, 0.29) is 66.8 Å². The topological polar surface area (TPSA) is 366 Å². The van der Waals surface area contributed by atoms with Crippen LogP contribution in [0.3, 0.4) is 0 Å². The number of benzene rings is 4. The Morgan fingerprint density at radius 1 is 0.586 bits per heavy atom. The second kappa shape index (κ2) is 17.9. The minimum Gasteiger partial charge on any atom is -0.507 e. The Balaban J connectivity index is 1.24. The summed E-state index contributed by atoms with van der Waals surface area (Å²) in [6, 6.07) is 7.88. The van der Waals surface area contributed by atoms with Crippen molar-refractivity contribution in [2.75, 3.05) is 13.2 Å². The number of carboxylic acids is 2. The van der Waals surface area contributed by atoms with Crippen LogP contribution in [0.2, 0.25) is 0 Å². The summed E-state index contributed by atoms with van der Waals surface area (Å²) in [5.41, 5.74) is -6.91. The van der Waals surface area contributed by atoms with Crippen molar-refractivity contribution in [3.8, 4) is 23.0 Å². The third kappa shape index (κ3) is 7.50. The molecule has 22 heteroatoms. The molecule has 374 valence electrons. The van der Waals surface area contributed by atoms with E-state index in [1.165, 1.54) is 65.8 Å². The fourth-order valence-electron chi connectivity index (χ4n) is 9.86. The molecule has 0 bridgehead atoms. The van der Waals surface area contributed by atoms with E-state index < -0.39 is 143 Å². The summed E-state index contributed by atoms with van der Waals surface area (Å²) in [6.07, 6.45) is -18.6. The lowest BCUT2D eigenvalue weighted by Crippen LogP contribution is -2.65. The van der Waals surface area contributed by atoms with E-state index in [1.54, 1.807) is 0 Å². The molecule has 0 spiro atoms. The highest BCUT2D eigenvalue weighted by Crippen LogP contribution is 2.53. The average Bonchev–Trinajstić information content (AvgIpc) is 3.30. The Kier molecular flexibility index (Phi) is 12.9. The summed E-state index contributed by atoms with van der Waals surface area (Å²) in [6.45, 7) is 6.55. The average molecular weight is 979 g/mol. The molecule has 0 amide bonds. The standard InChI is InChI=1S/C48H50O22/c1-15-7-9-19-31(33(15)52)36(55)27-17(3)29(43(61)62)23(51)11-21(27)47(19,5)69-70-48(6)20-10-8-16(2)34(53)32(20)37(56)28-18(4)30(44(63)64)24(12-22(28)48)65-45-41(60)39(58)42(26(14-50)67-45)68-46-40(59)38(57)35(54)25(13-49)66-46/h7-12,25-26,35,38-42,45-46,49-54,57-60H,13-14H2,1-6H3,(H,61,62)(H,63,64)/t25-,26-,35+,38+,39-,40-,41-,42+,45+,46-,47-,48-/m1/s1. The molecule has 2 aliphatic carbocycles. The smallest absolute Gasteiger partial charge is 0.339 e. The predicted molar refractivity (Wildman–Crippen MR) is 233 cm³/mol. The summed E-state index contributed by atoms with van der Waals surface area (Å²) in [5, 5.41) is 129. The van der Waals surface area contributed by atoms with Gasteiger partial charge in [-0.15, -0.1) is 0 Å². The molecule has 12 N–H and O–H groups in total. The number of carbonyl (C=O) groups is 4. The van der Waals surface area contributed by atoms with E-state index in [0.29, 0.717) is 0 Å². The van der Waals surface area contributed by atoms with Crippen molar-refractivity contribution in [2.24, 2.45) is 0 Å². The highest BCUT2D eigenvalue weighted by atomic mass is 17.2. The van der Waals surface area contributed by atoms with Crippen LogP contribution < -0.4 is 4.74 Å². The monoisotopic (exact) mass is 978 g/mol. The highest BCUT2D eigenvalue weighted by Gasteiger charge is 2.54. The van der Waals surface area contributed by atoms with Crippen LogP contribution in [0.5, 0.6) is 23.0 Å². The van der Waals surface area contributed by atoms with Crippen molar-refractivity contribution in [3.05, 3.63) is 114 Å². The Hall–Kier alpha value is -6.12. The quantitative estimate of drug-likeness (QED) is 0.0727. The van der Waals surface area contributed by atoms with Crippen LogP contribution in [0.1, 0.15) is 111 Å². The van der Waals surface area contributed by atoms with Crippen molar-refractivity contribution in [3.63, 3.8) is 0 Å². The number of rotatable bonds is 11. The van der Waals surface area contributed by atoms with Crippen molar-refractivity contribution in [1.29, 1.82) is 0 Å². The number of phenolic OH excluding ortho intramolecular Hbond substituents is 2. The lowest BCUT2D eigenvalue weighted by Gasteiger charge is -2.46. The number of ketones is 2. The number of fused-ring (bicyclic) bond motifs is 4. The largest absolute Gasteiger partial charge is 0.507 e. The van der Waals surface area contributed by atoms with Gasteiger partial charge in [0.15, 0.2) is 29.1 Å². The highest BCUT2D eigenvalue weighted by molar-refractivity contribution is 6.18. The van der Waals surface area contributed by atoms with E-state index in [9.17, 15) is 80.5 Å². The van der Waals surface area contributed by atoms with Crippen molar-refractivity contribution in [2.45, 2.75) is 114 Å². The fraction of sp³-hybridized carbons (Fsp3) is 0.417. The molecule has 12 atom stereocenters. The molecule has 2 aliphatic heterocycles. The van der Waals surface area contributed by atoms with Gasteiger partial charge in [0.25, 0.3) is 0 Å². The molecule has 4 aromatic rings. The zero-order valence-electron chi connectivity index (χ0n) is 38.1. The first-order chi connectivity index (χ1) is 32.9. The molecule has 4 aliphatic rings. The minimum atomic E-state index is -2.15. The van der Waals surface area contributed by atoms with E-state index in [2.05, 4.69) is 0 Å². The Morgan fingerprint density at radius 2 is 1.04 bits per heavy atom. The number of aromatic carboxylic acids is 2. The van der Waals surface area contributed by atoms with Gasteiger partial charge in [-0.3, -0.25) is 9.59 Å². The number of phenols is 3. The molecule has 0 radical (unpaired) electrons. The van der Waals surface area contributed by atoms with Gasteiger partial charge in [-0.05, 0) is 75.9 Å². The molecular formula is C48H50O22. The summed E-state index contributed by atoms with van der Waals surface area (Å²) in [7, 11) is 0. The molecule has 2 heterocycles. The number of aliphatic hydroxyl groups excluding tert-OH is 7. The molecule has 70 heavy (non-hydrogen) atoms. The third-order valence-corrected chi connectivity index (χ3v) is 13.8. The number of hydrogen-bond donors (Lipinski definition) is 12. The van der Waals surface area contributed by atoms with Crippen molar-refractivity contribution < 1.29 is 109 Å². The Bertz CT molecular complexity index is 2860. The van der Waals surface area contributed by atoms with Crippen LogP contribution in [0.15, 0.2) is 36.4 Å². The third-order valence-electron chi connectivity index (χ3n) is 13.8. The first kappa shape index (κ1) is 50.3. The van der Waals surface area contributed by atoms with Crippen LogP contribution in [0.4, 0.5) is 0 Å². The van der Waals surface area contributed by atoms with Gasteiger partial charge in [0.1, 0.15) is 83.0 Å². The molecule has 4 aromatic carbocycles. The SMILES string of the molecule is Cc1ccc2c(c1O)C(=O)c1c(cc(O)c(C(=O)O)c1C)[C@]2(C)OO[C@@]1(C)c2cc(O[C@H]3O[C@H](CO)[C@H](O[C@H]4O[C@H](CO)[C@H](O)[C@H](O)[C@H]4O)[C@H](O)[C@H]3O)c(C(=O)O)c(C)c2C(=O)c2c1ccc(C)c2O. The van der Waals surface area contributed by atoms with Gasteiger partial charge in [0.2, 0.25) is 6.29 Å². The Labute approximate surface area is 396 Å². The number of carbonyl (C=O) groups excluding carboxylic acids is 2. The first-order valence-corrected chi connectivity index (χ1v) is 21.7. The number of aliphatic hydroxyl groups is 7. The summed E-state index contributed by atoms with van der Waals surface area (Å²) >= 11 is 0. The van der Waals surface area contributed by atoms with E-state index in [4.69, 9.17) is 28.7 Å². The molecule has 2 saturated heterocycles. The first-order valence-electron chi connectivity index (χ1n) is 21.7. The lowest BCUT2D eigenvalue weighted by atomic mass is 9.71. The maximum atomic E-state index is 14.7. The Morgan fingerprint density at radius 3 is 1.53 bits per heavy atom. The van der Waals surface area contributed by atoms with Crippen LogP contribution >= 0.6 is 0 Å². The van der Waals surface area contributed by atoms with Gasteiger partial charge in [0, 0.05) is 33.4 Å². The lowest BCUT2D eigenvalue weighted by molar-refractivity contribution is -0.399. The maximum absolute atomic E-state index is 14.7. The van der Waals surface area contributed by atoms with Gasteiger partial charge >= 0.3 is 11.9 Å². The number of hydrogen-bond acceptors (Lipinski definition) is 20. The zero-order valence-corrected chi connectivity index (χ0v) is 38.1. The van der Waals surface area contributed by atoms with Gasteiger partial charge in [0.05, 0.1) is 24.3 Å². The summed E-state index contributed by atoms with van der Waals surface area (Å²) in [5.74, 6) is -7.24. The number of aryl methyl sites for hydroxylation is 2. The normalized spacial score (nSPS) is 30.2. The number of carboxylic acid groups (broad SMARTS) is 2. The van der Waals surface area contributed by atoms with Crippen LogP contribution in [0.25, 0.3) is 0 Å². The maximum Gasteiger partial charge on any atom is 0.339 e. The number of aromatic hydroxyl groups is 3. The van der Waals surface area contributed by atoms with E-state index in [0.717, 1.165) is 12.1 Å². The molecule has 0 aromatic heterocycles. The van der Waals surface area contributed by atoms with E-state index in [1.807, 2.05) is 0 Å². The zero-order chi connectivity index (χ0) is 51.4. The minimum absolute atomic E-state index is 0.00616. The van der Waals surface area contributed by atoms with Crippen LogP contribution in [-0.2, 0) is 35.2 Å². The predicted octanol–water partition coefficient (Wildman–Crippen LogP) is 0.701. The van der Waals surface area contributed by atoms with Crippen molar-refractivity contribution in [1.82, 2.24) is 0 Å². The summed E-state index contributed by atoms with van der Waals surface area (Å²) < 4.78 is 22.8. The van der Waals surface area contributed by atoms with Crippen molar-refractivity contribution >= 4 is 23.5 Å². The molecule has 22 nitrogen and oxygen atoms in total. The summed E-state index contributed by atoms with van der Waals surface area (Å²) in [4.78, 5) is 67.4. The second-order valence-corrected chi connectivity index (χ2v) is 18.0. The molecule has 2 fully saturated rings. The molecule has 0 unspecified atom stereocenters. The number of ether oxygens (including phenoxy) is 4. The van der Waals surface area contributed by atoms with Gasteiger partial charge in [-0.2, -0.15) is 0 Å². The molecular weight excluding hydrogens is 929 g/mol.